The highest BCUT2D eigenvalue weighted by molar-refractivity contribution is 6.36. The molecule has 0 bridgehead atoms. The summed E-state index contributed by atoms with van der Waals surface area (Å²) in [6.45, 7) is 0. The Hall–Kier alpha value is -2.88. The summed E-state index contributed by atoms with van der Waals surface area (Å²) >= 11 is 6.15. The molecule has 5 nitrogen and oxygen atoms in total. The van der Waals surface area contributed by atoms with Gasteiger partial charge in [0.05, 0.1) is 27.5 Å². The van der Waals surface area contributed by atoms with Gasteiger partial charge in [0, 0.05) is 18.6 Å². The van der Waals surface area contributed by atoms with Gasteiger partial charge in [-0.1, -0.05) is 29.8 Å². The van der Waals surface area contributed by atoms with Gasteiger partial charge >= 0.3 is 0 Å². The van der Waals surface area contributed by atoms with Crippen LogP contribution in [-0.4, -0.2) is 16.6 Å². The second kappa shape index (κ2) is 6.08. The molecule has 1 aromatic heterocycles. The van der Waals surface area contributed by atoms with E-state index in [1.165, 1.54) is 6.08 Å². The number of aryl methyl sites for hydroxylation is 1. The highest BCUT2D eigenvalue weighted by atomic mass is 35.5. The number of fused-ring (bicyclic) bond motifs is 1. The fourth-order valence-electron chi connectivity index (χ4n) is 2.48. The fourth-order valence-corrected chi connectivity index (χ4v) is 2.70. The average Bonchev–Trinajstić information content (AvgIpc) is 2.93. The van der Waals surface area contributed by atoms with Crippen LogP contribution in [0.25, 0.3) is 10.9 Å². The number of aromatic nitrogens is 1. The Balaban J connectivity index is 2.00. The molecule has 3 aromatic rings. The molecule has 0 aliphatic carbocycles. The second-order valence-corrected chi connectivity index (χ2v) is 5.34. The number of carbonyl (C=O) groups excluding carboxylic acids is 2. The van der Waals surface area contributed by atoms with Crippen LogP contribution in [0.1, 0.15) is 10.4 Å². The molecular weight excluding hydrogens is 314 g/mol. The number of nitrogens with zero attached hydrogens (tertiary/aromatic N) is 2. The van der Waals surface area contributed by atoms with Crippen molar-refractivity contribution in [2.45, 2.75) is 0 Å². The highest BCUT2D eigenvalue weighted by Gasteiger charge is 2.14. The van der Waals surface area contributed by atoms with Gasteiger partial charge in [0.2, 0.25) is 6.08 Å². The lowest BCUT2D eigenvalue weighted by Crippen LogP contribution is -2.13. The Morgan fingerprint density at radius 2 is 2.00 bits per heavy atom. The van der Waals surface area contributed by atoms with Gasteiger partial charge in [-0.05, 0) is 24.3 Å². The molecule has 2 aromatic carbocycles. The van der Waals surface area contributed by atoms with Crippen LogP contribution in [-0.2, 0) is 11.8 Å². The van der Waals surface area contributed by atoms with Crippen molar-refractivity contribution in [3.8, 4) is 0 Å². The van der Waals surface area contributed by atoms with Gasteiger partial charge < -0.3 is 9.88 Å². The zero-order valence-electron chi connectivity index (χ0n) is 12.2. The van der Waals surface area contributed by atoms with Gasteiger partial charge in [-0.3, -0.25) is 4.79 Å². The minimum atomic E-state index is -0.286. The summed E-state index contributed by atoms with van der Waals surface area (Å²) in [6.07, 6.45) is 3.34. The van der Waals surface area contributed by atoms with E-state index in [0.717, 1.165) is 10.9 Å². The Kier molecular flexibility index (Phi) is 3.98. The number of hydrogen-bond donors (Lipinski definition) is 1. The topological polar surface area (TPSA) is 63.5 Å². The Morgan fingerprint density at radius 3 is 2.78 bits per heavy atom. The number of rotatable bonds is 3. The predicted molar refractivity (Wildman–Crippen MR) is 90.1 cm³/mol. The molecule has 1 heterocycles. The van der Waals surface area contributed by atoms with Gasteiger partial charge in [-0.15, -0.1) is 0 Å². The number of nitrogens with one attached hydrogen (secondary N) is 1. The Labute approximate surface area is 137 Å². The number of halogens is 1. The SMILES string of the molecule is Cn1ccc2cccc(C(=O)Nc3cccc(N=C=O)c3Cl)c21. The van der Waals surface area contributed by atoms with Crippen LogP contribution < -0.4 is 5.32 Å². The normalized spacial score (nSPS) is 10.3. The third kappa shape index (κ3) is 2.75. The van der Waals surface area contributed by atoms with Crippen molar-refractivity contribution < 1.29 is 9.59 Å². The maximum Gasteiger partial charge on any atom is 0.257 e. The first-order chi connectivity index (χ1) is 11.1. The third-order valence-electron chi connectivity index (χ3n) is 3.53. The number of hydrogen-bond acceptors (Lipinski definition) is 3. The standard InChI is InChI=1S/C17H12ClN3O2/c1-21-9-8-11-4-2-5-12(16(11)21)17(23)20-14-7-3-6-13(15(14)18)19-10-22/h2-9H,1H3,(H,20,23). The summed E-state index contributed by atoms with van der Waals surface area (Å²) in [5, 5.41) is 3.94. The predicted octanol–water partition coefficient (Wildman–Crippen LogP) is 4.05. The van der Waals surface area contributed by atoms with Crippen molar-refractivity contribution in [2.75, 3.05) is 5.32 Å². The lowest BCUT2D eigenvalue weighted by molar-refractivity contribution is 0.102. The monoisotopic (exact) mass is 325 g/mol. The first-order valence-corrected chi connectivity index (χ1v) is 7.21. The smallest absolute Gasteiger partial charge is 0.257 e. The molecule has 114 valence electrons. The van der Waals surface area contributed by atoms with Crippen molar-refractivity contribution >= 4 is 45.9 Å². The lowest BCUT2D eigenvalue weighted by Gasteiger charge is -2.10. The van der Waals surface area contributed by atoms with Crippen molar-refractivity contribution in [3.05, 3.63) is 59.2 Å². The lowest BCUT2D eigenvalue weighted by atomic mass is 10.1. The molecule has 0 unspecified atom stereocenters. The van der Waals surface area contributed by atoms with Gasteiger partial charge in [0.1, 0.15) is 0 Å². The van der Waals surface area contributed by atoms with E-state index in [9.17, 15) is 9.59 Å². The van der Waals surface area contributed by atoms with Crippen LogP contribution in [0.5, 0.6) is 0 Å². The van der Waals surface area contributed by atoms with Crippen molar-refractivity contribution in [1.82, 2.24) is 4.57 Å². The molecule has 0 saturated carbocycles. The van der Waals surface area contributed by atoms with Crippen LogP contribution in [0, 0.1) is 0 Å². The molecule has 0 atom stereocenters. The first-order valence-electron chi connectivity index (χ1n) is 6.83. The number of benzene rings is 2. The summed E-state index contributed by atoms with van der Waals surface area (Å²) in [4.78, 5) is 26.5. The number of carbonyl (C=O) groups is 1. The molecule has 0 radical (unpaired) electrons. The summed E-state index contributed by atoms with van der Waals surface area (Å²) in [5.74, 6) is -0.286. The molecule has 0 aliphatic heterocycles. The number of amides is 1. The van der Waals surface area contributed by atoms with E-state index in [0.29, 0.717) is 11.3 Å². The Morgan fingerprint density at radius 1 is 1.22 bits per heavy atom. The van der Waals surface area contributed by atoms with E-state index >= 15 is 0 Å². The van der Waals surface area contributed by atoms with Crippen LogP contribution >= 0.6 is 11.6 Å². The molecule has 6 heteroatoms. The molecular formula is C17H12ClN3O2. The van der Waals surface area contributed by atoms with E-state index in [2.05, 4.69) is 10.3 Å². The number of para-hydroxylation sites is 1. The van der Waals surface area contributed by atoms with Crippen LogP contribution in [0.3, 0.4) is 0 Å². The molecule has 0 spiro atoms. The molecule has 0 aliphatic rings. The molecule has 1 N–H and O–H groups in total. The molecule has 3 rings (SSSR count). The maximum absolute atomic E-state index is 12.6. The van der Waals surface area contributed by atoms with E-state index in [4.69, 9.17) is 11.6 Å². The third-order valence-corrected chi connectivity index (χ3v) is 3.93. The van der Waals surface area contributed by atoms with Gasteiger partial charge in [-0.2, -0.15) is 4.99 Å². The maximum atomic E-state index is 12.6. The van der Waals surface area contributed by atoms with Crippen LogP contribution in [0.4, 0.5) is 11.4 Å². The first kappa shape index (κ1) is 15.0. The molecule has 0 fully saturated rings. The van der Waals surface area contributed by atoms with Crippen LogP contribution in [0.15, 0.2) is 53.7 Å². The van der Waals surface area contributed by atoms with Gasteiger partial charge in [-0.25, -0.2) is 4.79 Å². The van der Waals surface area contributed by atoms with Crippen molar-refractivity contribution in [2.24, 2.45) is 12.0 Å². The van der Waals surface area contributed by atoms with E-state index < -0.39 is 0 Å². The fraction of sp³-hybridized carbons (Fsp3) is 0.0588. The highest BCUT2D eigenvalue weighted by Crippen LogP contribution is 2.32. The number of anilines is 1. The summed E-state index contributed by atoms with van der Waals surface area (Å²) in [5.41, 5.74) is 2.02. The second-order valence-electron chi connectivity index (χ2n) is 4.97. The zero-order valence-corrected chi connectivity index (χ0v) is 13.0. The summed E-state index contributed by atoms with van der Waals surface area (Å²) in [7, 11) is 1.88. The summed E-state index contributed by atoms with van der Waals surface area (Å²) < 4.78 is 1.89. The minimum Gasteiger partial charge on any atom is -0.350 e. The molecule has 0 saturated heterocycles. The van der Waals surface area contributed by atoms with E-state index in [1.807, 2.05) is 36.0 Å². The molecule has 23 heavy (non-hydrogen) atoms. The van der Waals surface area contributed by atoms with Crippen LogP contribution in [0.2, 0.25) is 5.02 Å². The Bertz CT molecular complexity index is 956. The largest absolute Gasteiger partial charge is 0.350 e. The van der Waals surface area contributed by atoms with E-state index in [-0.39, 0.29) is 16.6 Å². The summed E-state index contributed by atoms with van der Waals surface area (Å²) in [6, 6.07) is 12.3. The quantitative estimate of drug-likeness (QED) is 0.583. The number of aliphatic imine (C=N–C) groups is 1. The van der Waals surface area contributed by atoms with Crippen molar-refractivity contribution in [1.29, 1.82) is 0 Å². The average molecular weight is 326 g/mol. The van der Waals surface area contributed by atoms with Gasteiger partial charge in [0.25, 0.3) is 5.91 Å². The van der Waals surface area contributed by atoms with E-state index in [1.54, 1.807) is 24.3 Å². The molecule has 1 amide bonds. The van der Waals surface area contributed by atoms with Crippen molar-refractivity contribution in [3.63, 3.8) is 0 Å². The van der Waals surface area contributed by atoms with Gasteiger partial charge in [0.15, 0.2) is 0 Å². The number of isocyanates is 1. The minimum absolute atomic E-state index is 0.197. The zero-order chi connectivity index (χ0) is 16.4.